The van der Waals surface area contributed by atoms with Gasteiger partial charge in [0.15, 0.2) is 11.6 Å². The number of hydrogen-bond acceptors (Lipinski definition) is 2. The van der Waals surface area contributed by atoms with E-state index in [4.69, 9.17) is 46.4 Å². The van der Waals surface area contributed by atoms with E-state index in [1.54, 1.807) is 0 Å². The lowest BCUT2D eigenvalue weighted by Crippen LogP contribution is -2.16. The molecule has 9 heteroatoms. The molecule has 1 aromatic carbocycles. The van der Waals surface area contributed by atoms with Gasteiger partial charge in [-0.1, -0.05) is 52.5 Å². The van der Waals surface area contributed by atoms with Crippen molar-refractivity contribution in [3.8, 4) is 0 Å². The number of nitrogens with zero attached hydrogens (tertiary/aromatic N) is 1. The molecule has 0 saturated heterocycles. The molecule has 0 aliphatic rings. The summed E-state index contributed by atoms with van der Waals surface area (Å²) in [5, 5.41) is 1.35. The van der Waals surface area contributed by atoms with Crippen LogP contribution >= 0.6 is 46.4 Å². The Kier molecular flexibility index (Phi) is 4.88. The first-order chi connectivity index (χ1) is 9.82. The number of nitrogens with one attached hydrogen (secondary N) is 1. The van der Waals surface area contributed by atoms with E-state index >= 15 is 0 Å². The normalized spacial score (nSPS) is 10.6. The van der Waals surface area contributed by atoms with Gasteiger partial charge in [0.1, 0.15) is 10.8 Å². The van der Waals surface area contributed by atoms with Crippen molar-refractivity contribution in [1.82, 2.24) is 4.98 Å². The minimum absolute atomic E-state index is 0.114. The fourth-order valence-corrected chi connectivity index (χ4v) is 2.23. The van der Waals surface area contributed by atoms with Gasteiger partial charge in [0, 0.05) is 0 Å². The highest BCUT2D eigenvalue weighted by Gasteiger charge is 2.21. The minimum atomic E-state index is -1.21. The molecule has 3 nitrogen and oxygen atoms in total. The van der Waals surface area contributed by atoms with Crippen molar-refractivity contribution in [3.63, 3.8) is 0 Å². The maximum absolute atomic E-state index is 13.5. The summed E-state index contributed by atoms with van der Waals surface area (Å²) in [5.74, 6) is -3.24. The first kappa shape index (κ1) is 16.2. The molecule has 1 N–H and O–H groups in total. The Labute approximate surface area is 137 Å². The molecular formula is C12H4Cl4F2N2O. The predicted octanol–water partition coefficient (Wildman–Crippen LogP) is 5.23. The molecule has 1 aromatic heterocycles. The first-order valence-corrected chi connectivity index (χ1v) is 6.79. The van der Waals surface area contributed by atoms with Crippen LogP contribution in [0.25, 0.3) is 0 Å². The Hall–Kier alpha value is -1.14. The van der Waals surface area contributed by atoms with Gasteiger partial charge in [0.25, 0.3) is 5.91 Å². The van der Waals surface area contributed by atoms with Gasteiger partial charge >= 0.3 is 0 Å². The molecule has 0 radical (unpaired) electrons. The third kappa shape index (κ3) is 3.21. The molecule has 0 spiro atoms. The second kappa shape index (κ2) is 6.32. The van der Waals surface area contributed by atoms with Crippen LogP contribution < -0.4 is 5.32 Å². The molecule has 0 aliphatic heterocycles. The maximum atomic E-state index is 13.5. The van der Waals surface area contributed by atoms with Crippen molar-refractivity contribution in [2.45, 2.75) is 0 Å². The van der Waals surface area contributed by atoms with Gasteiger partial charge in [-0.25, -0.2) is 13.8 Å². The van der Waals surface area contributed by atoms with Crippen molar-refractivity contribution in [2.24, 2.45) is 0 Å². The van der Waals surface area contributed by atoms with E-state index in [1.165, 1.54) is 12.1 Å². The zero-order valence-electron chi connectivity index (χ0n) is 9.86. The van der Waals surface area contributed by atoms with Crippen molar-refractivity contribution in [2.75, 3.05) is 5.32 Å². The SMILES string of the molecule is O=C(Nc1cccc(F)c1F)c1nc(Cl)c(Cl)c(Cl)c1Cl. The van der Waals surface area contributed by atoms with E-state index in [-0.39, 0.29) is 31.6 Å². The topological polar surface area (TPSA) is 42.0 Å². The molecule has 1 amide bonds. The molecule has 0 unspecified atom stereocenters. The van der Waals surface area contributed by atoms with Crippen LogP contribution in [0.1, 0.15) is 10.5 Å². The number of amides is 1. The van der Waals surface area contributed by atoms with Crippen LogP contribution in [-0.2, 0) is 0 Å². The Morgan fingerprint density at radius 2 is 1.71 bits per heavy atom. The highest BCUT2D eigenvalue weighted by Crippen LogP contribution is 2.36. The third-order valence-corrected chi connectivity index (χ3v) is 4.08. The number of carbonyl (C=O) groups is 1. The van der Waals surface area contributed by atoms with Gasteiger partial charge < -0.3 is 5.32 Å². The molecule has 2 rings (SSSR count). The smallest absolute Gasteiger partial charge is 0.276 e. The number of halogens is 6. The monoisotopic (exact) mass is 370 g/mol. The van der Waals surface area contributed by atoms with Gasteiger partial charge in [0.05, 0.1) is 20.8 Å². The number of anilines is 1. The summed E-state index contributed by atoms with van der Waals surface area (Å²) in [6.07, 6.45) is 0. The summed E-state index contributed by atoms with van der Waals surface area (Å²) in [5.41, 5.74) is -0.736. The summed E-state index contributed by atoms with van der Waals surface area (Å²) in [6.45, 7) is 0. The minimum Gasteiger partial charge on any atom is -0.318 e. The van der Waals surface area contributed by atoms with E-state index in [2.05, 4.69) is 10.3 Å². The molecule has 0 saturated carbocycles. The van der Waals surface area contributed by atoms with Crippen LogP contribution in [0, 0.1) is 11.6 Å². The van der Waals surface area contributed by atoms with Crippen molar-refractivity contribution in [3.05, 3.63) is 55.7 Å². The Morgan fingerprint density at radius 3 is 2.38 bits per heavy atom. The standard InChI is InChI=1S/C12H4Cl4F2N2O/c13-6-7(14)10(20-11(16)8(6)15)12(21)19-5-3-1-2-4(17)9(5)18/h1-3H,(H,19,21). The fraction of sp³-hybridized carbons (Fsp3) is 0. The molecule has 2 aromatic rings. The van der Waals surface area contributed by atoms with Gasteiger partial charge in [-0.2, -0.15) is 0 Å². The number of hydrogen-bond donors (Lipinski definition) is 1. The number of aromatic nitrogens is 1. The van der Waals surface area contributed by atoms with E-state index in [0.717, 1.165) is 6.07 Å². The zero-order chi connectivity index (χ0) is 15.7. The van der Waals surface area contributed by atoms with E-state index in [0.29, 0.717) is 0 Å². The summed E-state index contributed by atoms with van der Waals surface area (Å²) in [4.78, 5) is 15.7. The zero-order valence-corrected chi connectivity index (χ0v) is 12.9. The summed E-state index contributed by atoms with van der Waals surface area (Å²) < 4.78 is 26.5. The molecule has 0 atom stereocenters. The third-order valence-electron chi connectivity index (χ3n) is 2.40. The highest BCUT2D eigenvalue weighted by atomic mass is 35.5. The number of rotatable bonds is 2. The summed E-state index contributed by atoms with van der Waals surface area (Å²) in [6, 6.07) is 3.31. The Bertz CT molecular complexity index is 740. The van der Waals surface area contributed by atoms with Crippen molar-refractivity contribution < 1.29 is 13.6 Å². The molecule has 0 aliphatic carbocycles. The van der Waals surface area contributed by atoms with E-state index < -0.39 is 17.5 Å². The van der Waals surface area contributed by atoms with Crippen LogP contribution in [0.5, 0.6) is 0 Å². The van der Waals surface area contributed by atoms with Crippen LogP contribution in [0.2, 0.25) is 20.2 Å². The average molecular weight is 372 g/mol. The van der Waals surface area contributed by atoms with Crippen LogP contribution in [0.15, 0.2) is 18.2 Å². The van der Waals surface area contributed by atoms with Gasteiger partial charge in [0.2, 0.25) is 0 Å². The first-order valence-electron chi connectivity index (χ1n) is 5.28. The van der Waals surface area contributed by atoms with E-state index in [1.807, 2.05) is 0 Å². The number of benzene rings is 1. The largest absolute Gasteiger partial charge is 0.318 e. The Morgan fingerprint density at radius 1 is 1.05 bits per heavy atom. The molecule has 1 heterocycles. The van der Waals surface area contributed by atoms with Gasteiger partial charge in [-0.05, 0) is 12.1 Å². The maximum Gasteiger partial charge on any atom is 0.276 e. The van der Waals surface area contributed by atoms with Gasteiger partial charge in [-0.3, -0.25) is 4.79 Å². The van der Waals surface area contributed by atoms with E-state index in [9.17, 15) is 13.6 Å². The van der Waals surface area contributed by atoms with Gasteiger partial charge in [-0.15, -0.1) is 0 Å². The number of pyridine rings is 1. The lowest BCUT2D eigenvalue weighted by molar-refractivity contribution is 0.102. The quantitative estimate of drug-likeness (QED) is 0.734. The molecule has 0 fully saturated rings. The molecule has 21 heavy (non-hydrogen) atoms. The highest BCUT2D eigenvalue weighted by molar-refractivity contribution is 6.52. The van der Waals surface area contributed by atoms with Crippen molar-refractivity contribution in [1.29, 1.82) is 0 Å². The van der Waals surface area contributed by atoms with Crippen LogP contribution in [0.3, 0.4) is 0 Å². The lowest BCUT2D eigenvalue weighted by atomic mass is 10.2. The summed E-state index contributed by atoms with van der Waals surface area (Å²) >= 11 is 23.0. The average Bonchev–Trinajstić information content (AvgIpc) is 2.45. The lowest BCUT2D eigenvalue weighted by Gasteiger charge is -2.09. The molecule has 110 valence electrons. The molecule has 0 bridgehead atoms. The second-order valence-electron chi connectivity index (χ2n) is 3.75. The predicted molar refractivity (Wildman–Crippen MR) is 78.6 cm³/mol. The van der Waals surface area contributed by atoms with Crippen molar-refractivity contribution >= 4 is 58.0 Å². The van der Waals surface area contributed by atoms with Crippen LogP contribution in [-0.4, -0.2) is 10.9 Å². The fourth-order valence-electron chi connectivity index (χ4n) is 1.42. The van der Waals surface area contributed by atoms with Crippen LogP contribution in [0.4, 0.5) is 14.5 Å². The number of carbonyl (C=O) groups excluding carboxylic acids is 1. The Balaban J connectivity index is 2.40. The molecular weight excluding hydrogens is 368 g/mol. The summed E-state index contributed by atoms with van der Waals surface area (Å²) in [7, 11) is 0. The second-order valence-corrected chi connectivity index (χ2v) is 5.24.